The van der Waals surface area contributed by atoms with E-state index in [1.165, 1.54) is 0 Å². The Morgan fingerprint density at radius 1 is 1.33 bits per heavy atom. The average Bonchev–Trinajstić information content (AvgIpc) is 2.76. The van der Waals surface area contributed by atoms with Crippen LogP contribution in [0.3, 0.4) is 0 Å². The Morgan fingerprint density at radius 2 is 2.06 bits per heavy atom. The molecular formula is C14H21N3O. The summed E-state index contributed by atoms with van der Waals surface area (Å²) in [5, 5.41) is 6.24. The summed E-state index contributed by atoms with van der Waals surface area (Å²) in [5.41, 5.74) is 7.64. The van der Waals surface area contributed by atoms with Gasteiger partial charge in [-0.2, -0.15) is 0 Å². The molecule has 0 bridgehead atoms. The minimum Gasteiger partial charge on any atom is -0.382 e. The van der Waals surface area contributed by atoms with E-state index in [4.69, 9.17) is 5.73 Å². The van der Waals surface area contributed by atoms with Gasteiger partial charge in [-0.05, 0) is 50.5 Å². The zero-order chi connectivity index (χ0) is 13.0. The molecule has 1 saturated carbocycles. The molecule has 1 aromatic rings. The van der Waals surface area contributed by atoms with Crippen molar-refractivity contribution in [1.29, 1.82) is 0 Å². The van der Waals surface area contributed by atoms with Gasteiger partial charge in [-0.3, -0.25) is 4.79 Å². The van der Waals surface area contributed by atoms with Crippen LogP contribution in [0.2, 0.25) is 0 Å². The molecule has 1 aromatic carbocycles. The van der Waals surface area contributed by atoms with E-state index in [2.05, 4.69) is 10.6 Å². The van der Waals surface area contributed by atoms with Gasteiger partial charge < -0.3 is 16.4 Å². The average molecular weight is 247 g/mol. The monoisotopic (exact) mass is 247 g/mol. The van der Waals surface area contributed by atoms with Crippen molar-refractivity contribution in [3.63, 3.8) is 0 Å². The predicted molar refractivity (Wildman–Crippen MR) is 73.7 cm³/mol. The molecule has 0 radical (unpaired) electrons. The van der Waals surface area contributed by atoms with Gasteiger partial charge in [-0.25, -0.2) is 0 Å². The first kappa shape index (κ1) is 12.9. The predicted octanol–water partition coefficient (Wildman–Crippen LogP) is 1.73. The molecule has 2 rings (SSSR count). The summed E-state index contributed by atoms with van der Waals surface area (Å²) < 4.78 is 0. The van der Waals surface area contributed by atoms with E-state index in [1.807, 2.05) is 31.2 Å². The van der Waals surface area contributed by atoms with Gasteiger partial charge in [0, 0.05) is 29.9 Å². The molecule has 0 heterocycles. The molecule has 1 aliphatic rings. The van der Waals surface area contributed by atoms with Gasteiger partial charge in [-0.15, -0.1) is 0 Å². The fourth-order valence-corrected chi connectivity index (χ4v) is 2.36. The van der Waals surface area contributed by atoms with E-state index in [0.717, 1.165) is 24.9 Å². The molecule has 0 spiro atoms. The highest BCUT2D eigenvalue weighted by atomic mass is 16.1. The van der Waals surface area contributed by atoms with Gasteiger partial charge in [0.05, 0.1) is 0 Å². The molecule has 1 aliphatic carbocycles. The first-order valence-corrected chi connectivity index (χ1v) is 6.59. The number of nitrogens with one attached hydrogen (secondary N) is 2. The van der Waals surface area contributed by atoms with Crippen molar-refractivity contribution in [2.75, 3.05) is 11.9 Å². The number of anilines is 1. The Labute approximate surface area is 108 Å². The Bertz CT molecular complexity index is 402. The Morgan fingerprint density at radius 3 is 2.61 bits per heavy atom. The van der Waals surface area contributed by atoms with E-state index < -0.39 is 0 Å². The van der Waals surface area contributed by atoms with Crippen molar-refractivity contribution in [2.45, 2.75) is 38.3 Å². The van der Waals surface area contributed by atoms with Gasteiger partial charge in [-0.1, -0.05) is 0 Å². The van der Waals surface area contributed by atoms with Crippen LogP contribution in [-0.4, -0.2) is 24.5 Å². The first-order valence-electron chi connectivity index (χ1n) is 6.59. The van der Waals surface area contributed by atoms with Crippen LogP contribution >= 0.6 is 0 Å². The summed E-state index contributed by atoms with van der Waals surface area (Å²) in [6.07, 6.45) is 3.24. The number of carbonyl (C=O) groups excluding carboxylic acids is 1. The minimum atomic E-state index is -0.0214. The summed E-state index contributed by atoms with van der Waals surface area (Å²) in [4.78, 5) is 11.6. The molecule has 18 heavy (non-hydrogen) atoms. The fraction of sp³-hybridized carbons (Fsp3) is 0.500. The third-order valence-electron chi connectivity index (χ3n) is 3.33. The molecule has 98 valence electrons. The highest BCUT2D eigenvalue weighted by Gasteiger charge is 2.21. The van der Waals surface area contributed by atoms with Crippen LogP contribution in [0.15, 0.2) is 24.3 Å². The molecule has 0 saturated heterocycles. The van der Waals surface area contributed by atoms with Crippen molar-refractivity contribution in [3.8, 4) is 0 Å². The lowest BCUT2D eigenvalue weighted by atomic mass is 10.1. The van der Waals surface area contributed by atoms with Crippen LogP contribution in [0.5, 0.6) is 0 Å². The molecule has 4 nitrogen and oxygen atoms in total. The number of rotatable bonds is 4. The van der Waals surface area contributed by atoms with Crippen LogP contribution in [0, 0.1) is 0 Å². The van der Waals surface area contributed by atoms with E-state index in [9.17, 15) is 4.79 Å². The third kappa shape index (κ3) is 3.23. The lowest BCUT2D eigenvalue weighted by Gasteiger charge is -2.14. The van der Waals surface area contributed by atoms with Crippen molar-refractivity contribution >= 4 is 11.6 Å². The number of benzene rings is 1. The Hall–Kier alpha value is -1.55. The summed E-state index contributed by atoms with van der Waals surface area (Å²) in [5.74, 6) is -0.0214. The summed E-state index contributed by atoms with van der Waals surface area (Å²) in [6.45, 7) is 2.57. The molecule has 4 heteroatoms. The number of nitrogens with two attached hydrogens (primary N) is 1. The lowest BCUT2D eigenvalue weighted by Crippen LogP contribution is -2.23. The molecule has 0 aromatic heterocycles. The Kier molecular flexibility index (Phi) is 4.20. The van der Waals surface area contributed by atoms with Crippen LogP contribution < -0.4 is 16.4 Å². The fourth-order valence-electron chi connectivity index (χ4n) is 2.36. The standard InChI is InChI=1S/C14H21N3O/c1-2-16-14(18)10-3-6-12(7-4-10)17-13-8-5-11(15)9-13/h3-4,6-7,11,13,17H,2,5,8-9,15H2,1H3,(H,16,18). The van der Waals surface area contributed by atoms with Gasteiger partial charge >= 0.3 is 0 Å². The number of amides is 1. The van der Waals surface area contributed by atoms with E-state index in [-0.39, 0.29) is 5.91 Å². The maximum absolute atomic E-state index is 11.6. The molecule has 1 amide bonds. The SMILES string of the molecule is CCNC(=O)c1ccc(NC2CCC(N)C2)cc1. The molecular weight excluding hydrogens is 226 g/mol. The molecule has 0 aliphatic heterocycles. The van der Waals surface area contributed by atoms with Crippen LogP contribution in [0.1, 0.15) is 36.5 Å². The van der Waals surface area contributed by atoms with E-state index >= 15 is 0 Å². The Balaban J connectivity index is 1.93. The molecule has 2 unspecified atom stereocenters. The summed E-state index contributed by atoms with van der Waals surface area (Å²) >= 11 is 0. The van der Waals surface area contributed by atoms with Crippen molar-refractivity contribution in [1.82, 2.24) is 5.32 Å². The summed E-state index contributed by atoms with van der Waals surface area (Å²) in [6, 6.07) is 8.40. The highest BCUT2D eigenvalue weighted by Crippen LogP contribution is 2.21. The topological polar surface area (TPSA) is 67.2 Å². The number of hydrogen-bond donors (Lipinski definition) is 3. The van der Waals surface area contributed by atoms with Crippen LogP contribution in [0.4, 0.5) is 5.69 Å². The maximum Gasteiger partial charge on any atom is 0.251 e. The quantitative estimate of drug-likeness (QED) is 0.759. The summed E-state index contributed by atoms with van der Waals surface area (Å²) in [7, 11) is 0. The third-order valence-corrected chi connectivity index (χ3v) is 3.33. The van der Waals surface area contributed by atoms with E-state index in [1.54, 1.807) is 0 Å². The molecule has 4 N–H and O–H groups in total. The highest BCUT2D eigenvalue weighted by molar-refractivity contribution is 5.94. The minimum absolute atomic E-state index is 0.0214. The van der Waals surface area contributed by atoms with Gasteiger partial charge in [0.1, 0.15) is 0 Å². The second-order valence-corrected chi connectivity index (χ2v) is 4.85. The van der Waals surface area contributed by atoms with Gasteiger partial charge in [0.15, 0.2) is 0 Å². The zero-order valence-electron chi connectivity index (χ0n) is 10.8. The second-order valence-electron chi connectivity index (χ2n) is 4.85. The zero-order valence-corrected chi connectivity index (χ0v) is 10.8. The van der Waals surface area contributed by atoms with Gasteiger partial charge in [0.2, 0.25) is 0 Å². The molecule has 1 fully saturated rings. The largest absolute Gasteiger partial charge is 0.382 e. The lowest BCUT2D eigenvalue weighted by molar-refractivity contribution is 0.0956. The number of carbonyl (C=O) groups is 1. The first-order chi connectivity index (χ1) is 8.69. The second kappa shape index (κ2) is 5.87. The van der Waals surface area contributed by atoms with Crippen molar-refractivity contribution < 1.29 is 4.79 Å². The molecule has 2 atom stereocenters. The van der Waals surface area contributed by atoms with Crippen LogP contribution in [0.25, 0.3) is 0 Å². The van der Waals surface area contributed by atoms with Crippen LogP contribution in [-0.2, 0) is 0 Å². The van der Waals surface area contributed by atoms with Gasteiger partial charge in [0.25, 0.3) is 5.91 Å². The maximum atomic E-state index is 11.6. The van der Waals surface area contributed by atoms with Crippen molar-refractivity contribution in [2.24, 2.45) is 5.73 Å². The smallest absolute Gasteiger partial charge is 0.251 e. The number of hydrogen-bond acceptors (Lipinski definition) is 3. The normalized spacial score (nSPS) is 22.8. The van der Waals surface area contributed by atoms with E-state index in [0.29, 0.717) is 24.2 Å². The van der Waals surface area contributed by atoms with Crippen molar-refractivity contribution in [3.05, 3.63) is 29.8 Å².